The van der Waals surface area contributed by atoms with Crippen LogP contribution in [0.2, 0.25) is 0 Å². The van der Waals surface area contributed by atoms with E-state index >= 15 is 0 Å². The molecule has 1 amide bonds. The van der Waals surface area contributed by atoms with Crippen LogP contribution in [-0.2, 0) is 17.9 Å². The summed E-state index contributed by atoms with van der Waals surface area (Å²) in [5, 5.41) is 12.4. The van der Waals surface area contributed by atoms with Crippen molar-refractivity contribution in [3.05, 3.63) is 65.2 Å². The van der Waals surface area contributed by atoms with Gasteiger partial charge < -0.3 is 10.2 Å². The van der Waals surface area contributed by atoms with Gasteiger partial charge in [0.05, 0.1) is 5.75 Å². The van der Waals surface area contributed by atoms with E-state index in [1.165, 1.54) is 22.9 Å². The summed E-state index contributed by atoms with van der Waals surface area (Å²) in [4.78, 5) is 14.4. The molecule has 0 unspecified atom stereocenters. The van der Waals surface area contributed by atoms with Crippen LogP contribution in [0.5, 0.6) is 0 Å². The lowest BCUT2D eigenvalue weighted by molar-refractivity contribution is -0.118. The first-order valence-corrected chi connectivity index (χ1v) is 10.3. The molecule has 0 saturated carbocycles. The van der Waals surface area contributed by atoms with E-state index in [9.17, 15) is 4.79 Å². The highest BCUT2D eigenvalue weighted by molar-refractivity contribution is 7.99. The molecule has 0 spiro atoms. The molecule has 0 aliphatic carbocycles. The Kier molecular flexibility index (Phi) is 5.34. The van der Waals surface area contributed by atoms with E-state index in [-0.39, 0.29) is 5.91 Å². The first-order chi connectivity index (χ1) is 13.6. The van der Waals surface area contributed by atoms with Crippen LogP contribution in [0.3, 0.4) is 0 Å². The van der Waals surface area contributed by atoms with E-state index in [1.54, 1.807) is 0 Å². The molecule has 7 heteroatoms. The van der Waals surface area contributed by atoms with Gasteiger partial charge in [0.15, 0.2) is 5.16 Å². The molecular formula is C21H23N5OS. The van der Waals surface area contributed by atoms with Gasteiger partial charge >= 0.3 is 0 Å². The maximum atomic E-state index is 12.2. The summed E-state index contributed by atoms with van der Waals surface area (Å²) in [6, 6.07) is 16.6. The van der Waals surface area contributed by atoms with Crippen molar-refractivity contribution in [1.82, 2.24) is 20.1 Å². The van der Waals surface area contributed by atoms with Gasteiger partial charge in [-0.2, -0.15) is 0 Å². The van der Waals surface area contributed by atoms with Gasteiger partial charge in [-0.05, 0) is 31.5 Å². The van der Waals surface area contributed by atoms with Crippen molar-refractivity contribution in [2.24, 2.45) is 0 Å². The fraction of sp³-hybridized carbons (Fsp3) is 0.286. The number of rotatable bonds is 6. The Hall–Kier alpha value is -2.80. The topological polar surface area (TPSA) is 63.1 Å². The molecular weight excluding hydrogens is 370 g/mol. The van der Waals surface area contributed by atoms with Gasteiger partial charge in [0.1, 0.15) is 0 Å². The van der Waals surface area contributed by atoms with E-state index in [1.807, 2.05) is 12.1 Å². The van der Waals surface area contributed by atoms with Crippen LogP contribution in [0.4, 0.5) is 11.6 Å². The zero-order valence-electron chi connectivity index (χ0n) is 16.1. The second-order valence-corrected chi connectivity index (χ2v) is 7.91. The van der Waals surface area contributed by atoms with E-state index < -0.39 is 0 Å². The third-order valence-corrected chi connectivity index (χ3v) is 5.74. The lowest BCUT2D eigenvalue weighted by Crippen LogP contribution is -2.24. The lowest BCUT2D eigenvalue weighted by Gasteiger charge is -2.15. The van der Waals surface area contributed by atoms with Gasteiger partial charge in [0.2, 0.25) is 11.9 Å². The van der Waals surface area contributed by atoms with Gasteiger partial charge in [0.25, 0.3) is 0 Å². The highest BCUT2D eigenvalue weighted by Gasteiger charge is 2.26. The number of aromatic nitrogens is 3. The maximum absolute atomic E-state index is 12.2. The predicted octanol–water partition coefficient (Wildman–Crippen LogP) is 3.46. The number of hydrogen-bond donors (Lipinski definition) is 1. The number of nitrogens with one attached hydrogen (secondary N) is 1. The molecule has 1 aromatic heterocycles. The van der Waals surface area contributed by atoms with E-state index in [0.717, 1.165) is 35.4 Å². The molecule has 28 heavy (non-hydrogen) atoms. The molecule has 0 bridgehead atoms. The fourth-order valence-electron chi connectivity index (χ4n) is 3.14. The number of fused-ring (bicyclic) bond motifs is 1. The number of amides is 1. The first kappa shape index (κ1) is 18.6. The standard InChI is InChI=1S/C21H23N5OS/c1-15-3-7-17(8-4-15)13-22-19(27)14-28-21-24-23-20-25(11-12-26(20)21)18-9-5-16(2)6-10-18/h3-10H,11-14H2,1-2H3,(H,22,27). The van der Waals surface area contributed by atoms with Gasteiger partial charge in [-0.25, -0.2) is 0 Å². The molecule has 2 aromatic carbocycles. The zero-order valence-corrected chi connectivity index (χ0v) is 16.9. The molecule has 3 aromatic rings. The normalized spacial score (nSPS) is 12.9. The Morgan fingerprint density at radius 1 is 1.00 bits per heavy atom. The van der Waals surface area contributed by atoms with E-state index in [4.69, 9.17) is 0 Å². The van der Waals surface area contributed by atoms with Crippen LogP contribution < -0.4 is 10.2 Å². The molecule has 0 radical (unpaired) electrons. The first-order valence-electron chi connectivity index (χ1n) is 9.32. The van der Waals surface area contributed by atoms with Gasteiger partial charge in [-0.1, -0.05) is 59.3 Å². The van der Waals surface area contributed by atoms with Crippen molar-refractivity contribution < 1.29 is 4.79 Å². The zero-order chi connectivity index (χ0) is 19.5. The number of nitrogens with zero attached hydrogens (tertiary/aromatic N) is 4. The summed E-state index contributed by atoms with van der Waals surface area (Å²) in [5.41, 5.74) is 4.66. The molecule has 1 N–H and O–H groups in total. The van der Waals surface area contributed by atoms with Crippen LogP contribution in [0.15, 0.2) is 53.7 Å². The largest absolute Gasteiger partial charge is 0.351 e. The van der Waals surface area contributed by atoms with E-state index in [2.05, 4.69) is 75.2 Å². The monoisotopic (exact) mass is 393 g/mol. The molecule has 6 nitrogen and oxygen atoms in total. The number of carbonyl (C=O) groups excluding carboxylic acids is 1. The van der Waals surface area contributed by atoms with Crippen LogP contribution in [0.1, 0.15) is 16.7 Å². The number of anilines is 2. The molecule has 0 fully saturated rings. The third kappa shape index (κ3) is 4.04. The van der Waals surface area contributed by atoms with Crippen molar-refractivity contribution in [2.45, 2.75) is 32.1 Å². The molecule has 4 rings (SSSR count). The average Bonchev–Trinajstić information content (AvgIpc) is 3.29. The quantitative estimate of drug-likeness (QED) is 0.650. The second kappa shape index (κ2) is 8.06. The highest BCUT2D eigenvalue weighted by atomic mass is 32.2. The lowest BCUT2D eigenvalue weighted by atomic mass is 10.1. The molecule has 144 valence electrons. The number of thioether (sulfide) groups is 1. The SMILES string of the molecule is Cc1ccc(CNC(=O)CSc2nnc3n2CCN3c2ccc(C)cc2)cc1. The molecule has 1 aliphatic rings. The Morgan fingerprint density at radius 2 is 1.68 bits per heavy atom. The summed E-state index contributed by atoms with van der Waals surface area (Å²) >= 11 is 1.43. The van der Waals surface area contributed by atoms with Crippen LogP contribution in [0, 0.1) is 13.8 Å². The number of benzene rings is 2. The number of hydrogen-bond acceptors (Lipinski definition) is 5. The summed E-state index contributed by atoms with van der Waals surface area (Å²) in [6.45, 7) is 6.36. The number of aryl methyl sites for hydroxylation is 2. The Morgan fingerprint density at radius 3 is 2.39 bits per heavy atom. The number of carbonyl (C=O) groups is 1. The van der Waals surface area contributed by atoms with Crippen molar-refractivity contribution in [1.29, 1.82) is 0 Å². The van der Waals surface area contributed by atoms with Gasteiger partial charge in [0, 0.05) is 25.3 Å². The van der Waals surface area contributed by atoms with Crippen LogP contribution in [-0.4, -0.2) is 33.0 Å². The summed E-state index contributed by atoms with van der Waals surface area (Å²) in [7, 11) is 0. The molecule has 0 saturated heterocycles. The second-order valence-electron chi connectivity index (χ2n) is 6.97. The van der Waals surface area contributed by atoms with Gasteiger partial charge in [-0.3, -0.25) is 9.36 Å². The van der Waals surface area contributed by atoms with Crippen LogP contribution in [0.25, 0.3) is 0 Å². The summed E-state index contributed by atoms with van der Waals surface area (Å²) in [5.74, 6) is 1.16. The summed E-state index contributed by atoms with van der Waals surface area (Å²) < 4.78 is 2.08. The smallest absolute Gasteiger partial charge is 0.232 e. The van der Waals surface area contributed by atoms with Crippen molar-refractivity contribution >= 4 is 29.3 Å². The fourth-order valence-corrected chi connectivity index (χ4v) is 3.93. The van der Waals surface area contributed by atoms with E-state index in [0.29, 0.717) is 12.3 Å². The van der Waals surface area contributed by atoms with Crippen molar-refractivity contribution in [2.75, 3.05) is 17.2 Å². The Bertz CT molecular complexity index is 965. The predicted molar refractivity (Wildman–Crippen MR) is 112 cm³/mol. The molecule has 1 aliphatic heterocycles. The highest BCUT2D eigenvalue weighted by Crippen LogP contribution is 2.32. The van der Waals surface area contributed by atoms with Crippen molar-refractivity contribution in [3.63, 3.8) is 0 Å². The van der Waals surface area contributed by atoms with Crippen LogP contribution >= 0.6 is 11.8 Å². The third-order valence-electron chi connectivity index (χ3n) is 4.77. The minimum absolute atomic E-state index is 0.00341. The Balaban J connectivity index is 1.34. The maximum Gasteiger partial charge on any atom is 0.232 e. The molecule has 2 heterocycles. The van der Waals surface area contributed by atoms with Gasteiger partial charge in [-0.15, -0.1) is 10.2 Å². The average molecular weight is 394 g/mol. The Labute approximate surface area is 169 Å². The molecule has 0 atom stereocenters. The minimum Gasteiger partial charge on any atom is -0.351 e. The van der Waals surface area contributed by atoms with Crippen molar-refractivity contribution in [3.8, 4) is 0 Å². The summed E-state index contributed by atoms with van der Waals surface area (Å²) in [6.07, 6.45) is 0. The minimum atomic E-state index is -0.00341.